The largest absolute Gasteiger partial charge is 0.481 e. The van der Waals surface area contributed by atoms with Crippen LogP contribution in [0.1, 0.15) is 71.5 Å². The number of carboxylic acids is 1. The number of ether oxygens (including phenoxy) is 2. The molecule has 1 saturated heterocycles. The smallest absolute Gasteiger partial charge is 0.303 e. The standard InChI is InChI=1S/C44H46N2O6/c47-31-34-17-19-37(20-18-34)41-26-40(30-46(28-32-9-3-1-4-10-32)29-33-11-5-2-6-12-33)51-44(52-41)38-23-21-36(22-24-38)39-14-7-13-35(25-39)27-45-42(48)15-8-16-43(49)50/h1-7,9-14,17-25,40-41,44,47H,8,15-16,26-31H2,(H,45,48)(H,49,50)/t40-,41+,44+/m1/s1. The van der Waals surface area contributed by atoms with E-state index in [9.17, 15) is 14.7 Å². The van der Waals surface area contributed by atoms with Gasteiger partial charge in [0.15, 0.2) is 6.29 Å². The maximum absolute atomic E-state index is 12.2. The molecule has 52 heavy (non-hydrogen) atoms. The Morgan fingerprint density at radius 2 is 1.31 bits per heavy atom. The lowest BCUT2D eigenvalue weighted by Gasteiger charge is -2.38. The number of amides is 1. The van der Waals surface area contributed by atoms with Crippen LogP contribution in [0.25, 0.3) is 11.1 Å². The molecule has 8 nitrogen and oxygen atoms in total. The Bertz CT molecular complexity index is 1820. The highest BCUT2D eigenvalue weighted by Gasteiger charge is 2.33. The third-order valence-electron chi connectivity index (χ3n) is 9.30. The minimum atomic E-state index is -0.898. The fourth-order valence-corrected chi connectivity index (χ4v) is 6.57. The van der Waals surface area contributed by atoms with E-state index in [0.717, 1.165) is 53.0 Å². The first-order valence-corrected chi connectivity index (χ1v) is 17.9. The van der Waals surface area contributed by atoms with Gasteiger partial charge in [-0.3, -0.25) is 14.5 Å². The third kappa shape index (κ3) is 10.7. The minimum Gasteiger partial charge on any atom is -0.481 e. The predicted octanol–water partition coefficient (Wildman–Crippen LogP) is 7.96. The van der Waals surface area contributed by atoms with Crippen LogP contribution >= 0.6 is 0 Å². The van der Waals surface area contributed by atoms with Gasteiger partial charge in [-0.25, -0.2) is 0 Å². The topological polar surface area (TPSA) is 108 Å². The number of aliphatic carboxylic acids is 1. The van der Waals surface area contributed by atoms with E-state index in [2.05, 4.69) is 89.1 Å². The van der Waals surface area contributed by atoms with Gasteiger partial charge in [0.2, 0.25) is 5.91 Å². The van der Waals surface area contributed by atoms with E-state index in [0.29, 0.717) is 19.4 Å². The Kier molecular flexibility index (Phi) is 13.0. The summed E-state index contributed by atoms with van der Waals surface area (Å²) in [6, 6.07) is 45.3. The highest BCUT2D eigenvalue weighted by molar-refractivity contribution is 5.76. The fourth-order valence-electron chi connectivity index (χ4n) is 6.57. The number of nitrogens with one attached hydrogen (secondary N) is 1. The second kappa shape index (κ2) is 18.4. The summed E-state index contributed by atoms with van der Waals surface area (Å²) in [5.41, 5.74) is 8.33. The average molecular weight is 699 g/mol. The van der Waals surface area contributed by atoms with Crippen molar-refractivity contribution >= 4 is 11.9 Å². The lowest BCUT2D eigenvalue weighted by molar-refractivity contribution is -0.253. The Balaban J connectivity index is 1.18. The summed E-state index contributed by atoms with van der Waals surface area (Å²) in [6.45, 7) is 2.66. The molecule has 1 aliphatic heterocycles. The van der Waals surface area contributed by atoms with E-state index < -0.39 is 12.3 Å². The molecule has 8 heteroatoms. The molecule has 5 aromatic carbocycles. The van der Waals surface area contributed by atoms with Crippen molar-refractivity contribution < 1.29 is 29.3 Å². The summed E-state index contributed by atoms with van der Waals surface area (Å²) in [5.74, 6) is -1.06. The van der Waals surface area contributed by atoms with Gasteiger partial charge in [0.05, 0.1) is 18.8 Å². The maximum Gasteiger partial charge on any atom is 0.303 e. The van der Waals surface area contributed by atoms with Crippen molar-refractivity contribution in [2.75, 3.05) is 6.54 Å². The monoisotopic (exact) mass is 698 g/mol. The van der Waals surface area contributed by atoms with Crippen LogP contribution in [0.15, 0.2) is 133 Å². The van der Waals surface area contributed by atoms with Crippen molar-refractivity contribution in [2.45, 2.75) is 70.4 Å². The Hall–Kier alpha value is -5.12. The van der Waals surface area contributed by atoms with Crippen molar-refractivity contribution in [3.63, 3.8) is 0 Å². The number of nitrogens with zero attached hydrogens (tertiary/aromatic N) is 1. The number of hydrogen-bond acceptors (Lipinski definition) is 6. The molecule has 0 radical (unpaired) electrons. The quantitative estimate of drug-likeness (QED) is 0.0960. The number of hydrogen-bond donors (Lipinski definition) is 3. The van der Waals surface area contributed by atoms with Crippen molar-refractivity contribution in [3.05, 3.63) is 167 Å². The first kappa shape index (κ1) is 36.7. The first-order valence-electron chi connectivity index (χ1n) is 17.9. The second-order valence-electron chi connectivity index (χ2n) is 13.3. The number of carbonyl (C=O) groups is 2. The molecule has 1 aliphatic rings. The lowest BCUT2D eigenvalue weighted by Crippen LogP contribution is -2.39. The van der Waals surface area contributed by atoms with Gasteiger partial charge in [-0.05, 0) is 51.4 Å². The molecule has 3 N–H and O–H groups in total. The molecule has 0 saturated carbocycles. The first-order chi connectivity index (χ1) is 25.4. The summed E-state index contributed by atoms with van der Waals surface area (Å²) in [4.78, 5) is 25.4. The minimum absolute atomic E-state index is 0.00735. The summed E-state index contributed by atoms with van der Waals surface area (Å²) >= 11 is 0. The number of carboxylic acid groups (broad SMARTS) is 1. The Morgan fingerprint density at radius 1 is 0.673 bits per heavy atom. The molecule has 0 aliphatic carbocycles. The molecule has 1 fully saturated rings. The van der Waals surface area contributed by atoms with Crippen LogP contribution in [0.3, 0.4) is 0 Å². The van der Waals surface area contributed by atoms with Gasteiger partial charge in [-0.1, -0.05) is 127 Å². The zero-order valence-electron chi connectivity index (χ0n) is 29.3. The van der Waals surface area contributed by atoms with Gasteiger partial charge in [0.1, 0.15) is 0 Å². The van der Waals surface area contributed by atoms with Gasteiger partial charge in [0.25, 0.3) is 0 Å². The summed E-state index contributed by atoms with van der Waals surface area (Å²) in [6.07, 6.45) is 0.303. The molecule has 3 atom stereocenters. The summed E-state index contributed by atoms with van der Waals surface area (Å²) < 4.78 is 13.4. The molecule has 1 amide bonds. The van der Waals surface area contributed by atoms with Crippen LogP contribution in [0.4, 0.5) is 0 Å². The molecule has 1 heterocycles. The SMILES string of the molecule is O=C(O)CCCC(=O)NCc1cccc(-c2ccc([C@H]3O[C@@H](CN(Cc4ccccc4)Cc4ccccc4)C[C@@H](c4ccc(CO)cc4)O3)cc2)c1. The van der Waals surface area contributed by atoms with E-state index in [-0.39, 0.29) is 37.6 Å². The van der Waals surface area contributed by atoms with Crippen LogP contribution < -0.4 is 5.32 Å². The zero-order valence-corrected chi connectivity index (χ0v) is 29.3. The van der Waals surface area contributed by atoms with Crippen molar-refractivity contribution in [1.82, 2.24) is 10.2 Å². The number of benzene rings is 5. The normalized spacial score (nSPS) is 17.2. The molecule has 0 aromatic heterocycles. The van der Waals surface area contributed by atoms with E-state index in [4.69, 9.17) is 14.6 Å². The average Bonchev–Trinajstić information content (AvgIpc) is 3.18. The van der Waals surface area contributed by atoms with E-state index in [1.165, 1.54) is 11.1 Å². The molecular formula is C44H46N2O6. The van der Waals surface area contributed by atoms with Gasteiger partial charge in [-0.15, -0.1) is 0 Å². The van der Waals surface area contributed by atoms with Crippen LogP contribution in [-0.4, -0.2) is 39.6 Å². The van der Waals surface area contributed by atoms with Crippen LogP contribution in [0.2, 0.25) is 0 Å². The fraction of sp³-hybridized carbons (Fsp3) is 0.273. The van der Waals surface area contributed by atoms with Crippen LogP contribution in [-0.2, 0) is 45.3 Å². The van der Waals surface area contributed by atoms with Crippen LogP contribution in [0.5, 0.6) is 0 Å². The third-order valence-corrected chi connectivity index (χ3v) is 9.30. The van der Waals surface area contributed by atoms with Gasteiger partial charge in [-0.2, -0.15) is 0 Å². The Labute approximate surface area is 305 Å². The van der Waals surface area contributed by atoms with E-state index in [1.54, 1.807) is 0 Å². The molecular weight excluding hydrogens is 652 g/mol. The van der Waals surface area contributed by atoms with E-state index >= 15 is 0 Å². The number of aliphatic hydroxyl groups excluding tert-OH is 1. The van der Waals surface area contributed by atoms with Crippen molar-refractivity contribution in [1.29, 1.82) is 0 Å². The highest BCUT2D eigenvalue weighted by Crippen LogP contribution is 2.39. The molecule has 0 bridgehead atoms. The molecule has 5 aromatic rings. The zero-order chi connectivity index (χ0) is 36.1. The van der Waals surface area contributed by atoms with E-state index in [1.807, 2.05) is 54.6 Å². The van der Waals surface area contributed by atoms with Crippen molar-refractivity contribution in [2.24, 2.45) is 0 Å². The number of rotatable bonds is 16. The molecule has 0 unspecified atom stereocenters. The molecule has 6 rings (SSSR count). The second-order valence-corrected chi connectivity index (χ2v) is 13.3. The summed E-state index contributed by atoms with van der Waals surface area (Å²) in [5, 5.41) is 21.3. The number of aliphatic hydroxyl groups is 1. The van der Waals surface area contributed by atoms with Crippen molar-refractivity contribution in [3.8, 4) is 11.1 Å². The number of carbonyl (C=O) groups excluding carboxylic acids is 1. The van der Waals surface area contributed by atoms with Gasteiger partial charge in [0, 0.05) is 51.0 Å². The maximum atomic E-state index is 12.2. The summed E-state index contributed by atoms with van der Waals surface area (Å²) in [7, 11) is 0. The lowest BCUT2D eigenvalue weighted by atomic mass is 9.98. The van der Waals surface area contributed by atoms with Gasteiger partial charge >= 0.3 is 5.97 Å². The molecule has 268 valence electrons. The predicted molar refractivity (Wildman–Crippen MR) is 201 cm³/mol. The molecule has 0 spiro atoms. The van der Waals surface area contributed by atoms with Crippen LogP contribution in [0, 0.1) is 0 Å². The Morgan fingerprint density at radius 3 is 1.94 bits per heavy atom. The van der Waals surface area contributed by atoms with Gasteiger partial charge < -0.3 is 25.0 Å². The highest BCUT2D eigenvalue weighted by atomic mass is 16.7.